The van der Waals surface area contributed by atoms with Crippen LogP contribution in [0.1, 0.15) is 18.7 Å². The molecule has 0 spiro atoms. The first-order chi connectivity index (χ1) is 11.1. The smallest absolute Gasteiger partial charge is 0.232 e. The van der Waals surface area contributed by atoms with Crippen molar-refractivity contribution in [3.63, 3.8) is 0 Å². The van der Waals surface area contributed by atoms with Crippen LogP contribution < -0.4 is 11.1 Å². The highest BCUT2D eigenvalue weighted by molar-refractivity contribution is 5.96. The number of carbonyl (C=O) groups excluding carboxylic acids is 1. The molecule has 1 aromatic heterocycles. The summed E-state index contributed by atoms with van der Waals surface area (Å²) in [4.78, 5) is 17.0. The highest BCUT2D eigenvalue weighted by Crippen LogP contribution is 2.31. The number of nitrogens with two attached hydrogens (primary N) is 1. The van der Waals surface area contributed by atoms with Crippen LogP contribution >= 0.6 is 0 Å². The topological polar surface area (TPSA) is 106 Å². The van der Waals surface area contributed by atoms with Crippen LogP contribution in [0.5, 0.6) is 0 Å². The molecule has 0 bridgehead atoms. The van der Waals surface area contributed by atoms with Crippen molar-refractivity contribution in [3.05, 3.63) is 30.1 Å². The maximum absolute atomic E-state index is 12.7. The van der Waals surface area contributed by atoms with Gasteiger partial charge in [0.1, 0.15) is 5.82 Å². The number of hydrogen-bond donors (Lipinski definition) is 3. The summed E-state index contributed by atoms with van der Waals surface area (Å²) in [6.45, 7) is 3.31. The van der Waals surface area contributed by atoms with Crippen molar-refractivity contribution in [2.24, 2.45) is 11.1 Å². The summed E-state index contributed by atoms with van der Waals surface area (Å²) in [5.74, 6) is 1.31. The van der Waals surface area contributed by atoms with Gasteiger partial charge < -0.3 is 15.8 Å². The molecule has 7 nitrogen and oxygen atoms in total. The number of benzene rings is 1. The zero-order chi connectivity index (χ0) is 16.3. The first kappa shape index (κ1) is 15.6. The SMILES string of the molecule is Cc1nc(-c2cccc(NC(=O)C3(CN)CCOCC3)c2)n[nH]1. The second-order valence-corrected chi connectivity index (χ2v) is 5.88. The van der Waals surface area contributed by atoms with Crippen LogP contribution in [0.4, 0.5) is 5.69 Å². The lowest BCUT2D eigenvalue weighted by Crippen LogP contribution is -2.46. The largest absolute Gasteiger partial charge is 0.381 e. The molecule has 1 fully saturated rings. The van der Waals surface area contributed by atoms with E-state index in [0.717, 1.165) is 11.4 Å². The van der Waals surface area contributed by atoms with E-state index in [0.29, 0.717) is 44.1 Å². The van der Waals surface area contributed by atoms with Crippen molar-refractivity contribution in [3.8, 4) is 11.4 Å². The van der Waals surface area contributed by atoms with Gasteiger partial charge in [0.15, 0.2) is 5.82 Å². The minimum Gasteiger partial charge on any atom is -0.381 e. The Labute approximate surface area is 134 Å². The van der Waals surface area contributed by atoms with E-state index in [9.17, 15) is 4.79 Å². The molecule has 122 valence electrons. The van der Waals surface area contributed by atoms with Gasteiger partial charge in [0.25, 0.3) is 0 Å². The number of H-pyrrole nitrogens is 1. The van der Waals surface area contributed by atoms with E-state index in [2.05, 4.69) is 20.5 Å². The number of anilines is 1. The van der Waals surface area contributed by atoms with Crippen LogP contribution in [-0.2, 0) is 9.53 Å². The Kier molecular flexibility index (Phi) is 4.40. The molecule has 1 aliphatic rings. The number of nitrogens with one attached hydrogen (secondary N) is 2. The number of rotatable bonds is 4. The fraction of sp³-hybridized carbons (Fsp3) is 0.438. The number of hydrogen-bond acceptors (Lipinski definition) is 5. The third kappa shape index (κ3) is 3.25. The van der Waals surface area contributed by atoms with Crippen LogP contribution in [0.3, 0.4) is 0 Å². The second kappa shape index (κ2) is 6.47. The van der Waals surface area contributed by atoms with Crippen molar-refractivity contribution in [2.45, 2.75) is 19.8 Å². The average Bonchev–Trinajstić information content (AvgIpc) is 3.02. The summed E-state index contributed by atoms with van der Waals surface area (Å²) in [6, 6.07) is 7.50. The Bertz CT molecular complexity index is 691. The van der Waals surface area contributed by atoms with Crippen molar-refractivity contribution in [1.82, 2.24) is 15.2 Å². The summed E-state index contributed by atoms with van der Waals surface area (Å²) >= 11 is 0. The van der Waals surface area contributed by atoms with Crippen LogP contribution in [0.15, 0.2) is 24.3 Å². The van der Waals surface area contributed by atoms with Crippen LogP contribution in [0.2, 0.25) is 0 Å². The zero-order valence-electron chi connectivity index (χ0n) is 13.1. The van der Waals surface area contributed by atoms with Gasteiger partial charge in [0.05, 0.1) is 5.41 Å². The molecule has 2 aromatic rings. The highest BCUT2D eigenvalue weighted by Gasteiger charge is 2.38. The number of amides is 1. The number of carbonyl (C=O) groups is 1. The third-order valence-corrected chi connectivity index (χ3v) is 4.30. The second-order valence-electron chi connectivity index (χ2n) is 5.88. The Hall–Kier alpha value is -2.25. The predicted octanol–water partition coefficient (Wildman–Crippen LogP) is 1.47. The van der Waals surface area contributed by atoms with Gasteiger partial charge in [-0.2, -0.15) is 5.10 Å². The van der Waals surface area contributed by atoms with Gasteiger partial charge in [-0.1, -0.05) is 12.1 Å². The van der Waals surface area contributed by atoms with E-state index >= 15 is 0 Å². The van der Waals surface area contributed by atoms with Gasteiger partial charge in [0.2, 0.25) is 5.91 Å². The molecular formula is C16H21N5O2. The summed E-state index contributed by atoms with van der Waals surface area (Å²) < 4.78 is 5.35. The lowest BCUT2D eigenvalue weighted by atomic mass is 9.79. The molecule has 0 unspecified atom stereocenters. The first-order valence-electron chi connectivity index (χ1n) is 7.72. The maximum Gasteiger partial charge on any atom is 0.232 e. The molecule has 0 atom stereocenters. The molecule has 4 N–H and O–H groups in total. The first-order valence-corrected chi connectivity index (χ1v) is 7.72. The fourth-order valence-electron chi connectivity index (χ4n) is 2.76. The van der Waals surface area contributed by atoms with Crippen LogP contribution in [-0.4, -0.2) is 40.8 Å². The molecule has 7 heteroatoms. The van der Waals surface area contributed by atoms with Gasteiger partial charge in [-0.25, -0.2) is 4.98 Å². The quantitative estimate of drug-likeness (QED) is 0.792. The Morgan fingerprint density at radius 3 is 2.87 bits per heavy atom. The molecule has 0 saturated carbocycles. The van der Waals surface area contributed by atoms with Crippen molar-refractivity contribution in [1.29, 1.82) is 0 Å². The van der Waals surface area contributed by atoms with E-state index in [-0.39, 0.29) is 5.91 Å². The van der Waals surface area contributed by atoms with Gasteiger partial charge in [-0.15, -0.1) is 0 Å². The minimum absolute atomic E-state index is 0.0494. The molecule has 1 aromatic carbocycles. The lowest BCUT2D eigenvalue weighted by molar-refractivity contribution is -0.130. The van der Waals surface area contributed by atoms with Crippen molar-refractivity contribution in [2.75, 3.05) is 25.1 Å². The summed E-state index contributed by atoms with van der Waals surface area (Å²) in [5, 5.41) is 9.94. The number of aryl methyl sites for hydroxylation is 1. The highest BCUT2D eigenvalue weighted by atomic mass is 16.5. The molecule has 0 aliphatic carbocycles. The Morgan fingerprint density at radius 2 is 2.22 bits per heavy atom. The van der Waals surface area contributed by atoms with E-state index < -0.39 is 5.41 Å². The van der Waals surface area contributed by atoms with Gasteiger partial charge in [-0.05, 0) is 31.9 Å². The van der Waals surface area contributed by atoms with Crippen molar-refractivity contribution >= 4 is 11.6 Å². The third-order valence-electron chi connectivity index (χ3n) is 4.30. The number of nitrogens with zero attached hydrogens (tertiary/aromatic N) is 2. The minimum atomic E-state index is -0.546. The number of ether oxygens (including phenoxy) is 1. The fourth-order valence-corrected chi connectivity index (χ4v) is 2.76. The molecular weight excluding hydrogens is 294 g/mol. The number of aromatic amines is 1. The van der Waals surface area contributed by atoms with Gasteiger partial charge in [-0.3, -0.25) is 9.89 Å². The lowest BCUT2D eigenvalue weighted by Gasteiger charge is -2.34. The Morgan fingerprint density at radius 1 is 1.43 bits per heavy atom. The normalized spacial score (nSPS) is 17.0. The summed E-state index contributed by atoms with van der Waals surface area (Å²) in [7, 11) is 0. The maximum atomic E-state index is 12.7. The standard InChI is InChI=1S/C16H21N5O2/c1-11-18-14(21-20-11)12-3-2-4-13(9-12)19-15(22)16(10-17)5-7-23-8-6-16/h2-4,9H,5-8,10,17H2,1H3,(H,19,22)(H,18,20,21). The predicted molar refractivity (Wildman–Crippen MR) is 86.7 cm³/mol. The van der Waals surface area contributed by atoms with Crippen LogP contribution in [0, 0.1) is 12.3 Å². The zero-order valence-corrected chi connectivity index (χ0v) is 13.1. The van der Waals surface area contributed by atoms with E-state index in [1.54, 1.807) is 0 Å². The average molecular weight is 315 g/mol. The molecule has 23 heavy (non-hydrogen) atoms. The van der Waals surface area contributed by atoms with Crippen molar-refractivity contribution < 1.29 is 9.53 Å². The summed E-state index contributed by atoms with van der Waals surface area (Å²) in [6.07, 6.45) is 1.30. The molecule has 2 heterocycles. The molecule has 1 aliphatic heterocycles. The molecule has 1 saturated heterocycles. The van der Waals surface area contributed by atoms with E-state index in [1.807, 2.05) is 31.2 Å². The molecule has 3 rings (SSSR count). The van der Waals surface area contributed by atoms with Crippen LogP contribution in [0.25, 0.3) is 11.4 Å². The summed E-state index contributed by atoms with van der Waals surface area (Å²) in [5.41, 5.74) is 6.89. The Balaban J connectivity index is 1.78. The van der Waals surface area contributed by atoms with Gasteiger partial charge in [0, 0.05) is 31.0 Å². The van der Waals surface area contributed by atoms with E-state index in [4.69, 9.17) is 10.5 Å². The molecule has 1 amide bonds. The van der Waals surface area contributed by atoms with Gasteiger partial charge >= 0.3 is 0 Å². The number of aromatic nitrogens is 3. The van der Waals surface area contributed by atoms with E-state index in [1.165, 1.54) is 0 Å². The molecule has 0 radical (unpaired) electrons. The monoisotopic (exact) mass is 315 g/mol.